The van der Waals surface area contributed by atoms with Gasteiger partial charge in [-0.15, -0.1) is 11.3 Å². The summed E-state index contributed by atoms with van der Waals surface area (Å²) in [5.41, 5.74) is 1.80. The highest BCUT2D eigenvalue weighted by atomic mass is 79.9. The Kier molecular flexibility index (Phi) is 7.74. The maximum atomic E-state index is 13.3. The SMILES string of the molecule is O=C(CSc1nc2ccc(N3C(=O)c4c(Br)c(Br)c(Br)c(Br)c4C3=O)cc2s1)NC[C@H]1CCCO1. The summed E-state index contributed by atoms with van der Waals surface area (Å²) in [6.07, 6.45) is 2.12. The molecule has 2 aliphatic heterocycles. The number of nitrogens with one attached hydrogen (secondary N) is 1. The molecule has 35 heavy (non-hydrogen) atoms. The minimum atomic E-state index is -0.410. The third kappa shape index (κ3) is 4.89. The third-order valence-corrected chi connectivity index (χ3v) is 12.5. The number of aromatic nitrogens is 1. The van der Waals surface area contributed by atoms with E-state index in [1.165, 1.54) is 28.0 Å². The second-order valence-corrected chi connectivity index (χ2v) is 13.2. The molecule has 5 rings (SSSR count). The number of thiazole rings is 1. The molecule has 1 atom stereocenters. The van der Waals surface area contributed by atoms with Gasteiger partial charge in [0.15, 0.2) is 4.34 Å². The average molecular weight is 769 g/mol. The van der Waals surface area contributed by atoms with Crippen molar-refractivity contribution in [3.8, 4) is 0 Å². The Hall–Kier alpha value is -0.830. The molecule has 1 N–H and O–H groups in total. The van der Waals surface area contributed by atoms with Crippen molar-refractivity contribution in [2.75, 3.05) is 23.8 Å². The van der Waals surface area contributed by atoms with E-state index in [1.807, 2.05) is 0 Å². The number of rotatable bonds is 6. The van der Waals surface area contributed by atoms with Crippen LogP contribution in [0.5, 0.6) is 0 Å². The largest absolute Gasteiger partial charge is 0.376 e. The molecule has 0 bridgehead atoms. The Balaban J connectivity index is 1.33. The average Bonchev–Trinajstić information content (AvgIpc) is 3.56. The fourth-order valence-corrected chi connectivity index (χ4v) is 8.28. The third-order valence-electron chi connectivity index (χ3n) is 5.59. The summed E-state index contributed by atoms with van der Waals surface area (Å²) in [6.45, 7) is 1.29. The summed E-state index contributed by atoms with van der Waals surface area (Å²) in [5.74, 6) is -0.631. The first-order valence-corrected chi connectivity index (χ1v) is 15.4. The number of fused-ring (bicyclic) bond motifs is 2. The van der Waals surface area contributed by atoms with Crippen LogP contribution in [0.3, 0.4) is 0 Å². The van der Waals surface area contributed by atoms with Gasteiger partial charge in [0.2, 0.25) is 5.91 Å². The second kappa shape index (κ2) is 10.5. The van der Waals surface area contributed by atoms with Gasteiger partial charge in [-0.3, -0.25) is 14.4 Å². The number of anilines is 1. The number of amides is 3. The van der Waals surface area contributed by atoms with Gasteiger partial charge in [0.1, 0.15) is 0 Å². The Morgan fingerprint density at radius 2 is 1.80 bits per heavy atom. The molecule has 0 spiro atoms. The smallest absolute Gasteiger partial charge is 0.267 e. The Bertz CT molecular complexity index is 1340. The number of thioether (sulfide) groups is 1. The number of nitrogens with zero attached hydrogens (tertiary/aromatic N) is 2. The molecule has 0 aliphatic carbocycles. The van der Waals surface area contributed by atoms with Gasteiger partial charge in [-0.1, -0.05) is 11.8 Å². The van der Waals surface area contributed by atoms with Crippen LogP contribution in [-0.2, 0) is 9.53 Å². The molecule has 2 aromatic carbocycles. The molecule has 182 valence electrons. The number of halogens is 4. The van der Waals surface area contributed by atoms with E-state index >= 15 is 0 Å². The van der Waals surface area contributed by atoms with Gasteiger partial charge >= 0.3 is 0 Å². The van der Waals surface area contributed by atoms with Gasteiger partial charge in [0.05, 0.1) is 38.9 Å². The molecular weight excluding hydrogens is 754 g/mol. The Morgan fingerprint density at radius 1 is 1.11 bits per heavy atom. The van der Waals surface area contributed by atoms with Gasteiger partial charge in [0, 0.05) is 31.0 Å². The minimum Gasteiger partial charge on any atom is -0.376 e. The van der Waals surface area contributed by atoms with E-state index in [9.17, 15) is 14.4 Å². The number of benzene rings is 2. The van der Waals surface area contributed by atoms with Crippen molar-refractivity contribution in [2.45, 2.75) is 23.3 Å². The van der Waals surface area contributed by atoms with Gasteiger partial charge in [-0.05, 0) is 94.8 Å². The van der Waals surface area contributed by atoms with E-state index in [1.54, 1.807) is 18.2 Å². The minimum absolute atomic E-state index is 0.0649. The van der Waals surface area contributed by atoms with Crippen molar-refractivity contribution < 1.29 is 19.1 Å². The Morgan fingerprint density at radius 3 is 2.43 bits per heavy atom. The lowest BCUT2D eigenvalue weighted by molar-refractivity contribution is -0.119. The number of hydrogen-bond donors (Lipinski definition) is 1. The first-order chi connectivity index (χ1) is 16.8. The second-order valence-electron chi connectivity index (χ2n) is 7.81. The summed E-state index contributed by atoms with van der Waals surface area (Å²) >= 11 is 16.5. The summed E-state index contributed by atoms with van der Waals surface area (Å²) in [4.78, 5) is 44.5. The lowest BCUT2D eigenvalue weighted by Gasteiger charge is -2.13. The van der Waals surface area contributed by atoms with Crippen molar-refractivity contribution in [1.82, 2.24) is 10.3 Å². The molecule has 0 saturated carbocycles. The van der Waals surface area contributed by atoms with Crippen molar-refractivity contribution in [3.63, 3.8) is 0 Å². The van der Waals surface area contributed by atoms with Gasteiger partial charge < -0.3 is 10.1 Å². The van der Waals surface area contributed by atoms with Gasteiger partial charge in [-0.2, -0.15) is 0 Å². The maximum absolute atomic E-state index is 13.3. The number of ether oxygens (including phenoxy) is 1. The van der Waals surface area contributed by atoms with Crippen molar-refractivity contribution in [3.05, 3.63) is 47.2 Å². The van der Waals surface area contributed by atoms with Crippen LogP contribution >= 0.6 is 86.8 Å². The molecule has 1 fully saturated rings. The lowest BCUT2D eigenvalue weighted by atomic mass is 10.1. The Labute approximate surface area is 242 Å². The highest BCUT2D eigenvalue weighted by Gasteiger charge is 2.42. The van der Waals surface area contributed by atoms with Crippen LogP contribution in [0.1, 0.15) is 33.6 Å². The first-order valence-electron chi connectivity index (χ1n) is 10.4. The molecule has 3 heterocycles. The maximum Gasteiger partial charge on any atom is 0.267 e. The zero-order chi connectivity index (χ0) is 24.9. The van der Waals surface area contributed by atoms with Gasteiger partial charge in [0.25, 0.3) is 11.8 Å². The molecule has 13 heteroatoms. The van der Waals surface area contributed by atoms with Crippen molar-refractivity contribution >= 4 is 120 Å². The number of carbonyl (C=O) groups is 3. The zero-order valence-corrected chi connectivity index (χ0v) is 25.7. The number of imide groups is 1. The molecule has 1 aromatic heterocycles. The van der Waals surface area contributed by atoms with Crippen LogP contribution in [0.4, 0.5) is 5.69 Å². The van der Waals surface area contributed by atoms with Crippen LogP contribution in [-0.4, -0.2) is 47.7 Å². The number of carbonyl (C=O) groups excluding carboxylic acids is 3. The summed E-state index contributed by atoms with van der Waals surface area (Å²) in [7, 11) is 0. The van der Waals surface area contributed by atoms with Crippen LogP contribution in [0.25, 0.3) is 10.2 Å². The number of hydrogen-bond acceptors (Lipinski definition) is 7. The predicted molar refractivity (Wildman–Crippen MR) is 151 cm³/mol. The van der Waals surface area contributed by atoms with E-state index in [0.717, 1.165) is 34.0 Å². The van der Waals surface area contributed by atoms with Crippen molar-refractivity contribution in [1.29, 1.82) is 0 Å². The molecule has 0 radical (unpaired) electrons. The van der Waals surface area contributed by atoms with Crippen LogP contribution in [0.2, 0.25) is 0 Å². The highest BCUT2D eigenvalue weighted by Crippen LogP contribution is 2.46. The summed E-state index contributed by atoms with van der Waals surface area (Å²) in [5, 5.41) is 2.91. The zero-order valence-electron chi connectivity index (χ0n) is 17.7. The molecule has 3 aromatic rings. The van der Waals surface area contributed by atoms with Crippen molar-refractivity contribution in [2.24, 2.45) is 0 Å². The molecule has 1 saturated heterocycles. The molecule has 3 amide bonds. The molecular formula is C22H15Br4N3O4S2. The van der Waals surface area contributed by atoms with E-state index in [-0.39, 0.29) is 17.8 Å². The molecule has 7 nitrogen and oxygen atoms in total. The molecule has 0 unspecified atom stereocenters. The summed E-state index contributed by atoms with van der Waals surface area (Å²) < 4.78 is 9.40. The van der Waals surface area contributed by atoms with Gasteiger partial charge in [-0.25, -0.2) is 9.88 Å². The monoisotopic (exact) mass is 765 g/mol. The van der Waals surface area contributed by atoms with Crippen LogP contribution in [0.15, 0.2) is 40.4 Å². The van der Waals surface area contributed by atoms with E-state index in [0.29, 0.717) is 41.2 Å². The molecule has 2 aliphatic rings. The fraction of sp³-hybridized carbons (Fsp3) is 0.273. The summed E-state index contributed by atoms with van der Waals surface area (Å²) in [6, 6.07) is 5.27. The lowest BCUT2D eigenvalue weighted by Crippen LogP contribution is -2.32. The quantitative estimate of drug-likeness (QED) is 0.133. The van der Waals surface area contributed by atoms with Crippen LogP contribution in [0, 0.1) is 0 Å². The normalized spacial score (nSPS) is 17.5. The van der Waals surface area contributed by atoms with E-state index in [4.69, 9.17) is 4.74 Å². The highest BCUT2D eigenvalue weighted by molar-refractivity contribution is 9.15. The van der Waals surface area contributed by atoms with E-state index in [2.05, 4.69) is 74.0 Å². The predicted octanol–water partition coefficient (Wildman–Crippen LogP) is 6.53. The topological polar surface area (TPSA) is 88.6 Å². The van der Waals surface area contributed by atoms with E-state index < -0.39 is 11.8 Å². The standard InChI is InChI=1S/C22H15Br4N3O4S2/c23-16-14-15(17(24)19(26)18(16)25)21(32)29(20(14)31)9-3-4-11-12(6-9)35-22(28-11)34-8-13(30)27-7-10-2-1-5-33-10/h3-4,6,10H,1-2,5,7-8H2,(H,27,30)/t10-/m1/s1. The first kappa shape index (κ1) is 25.8. The fourth-order valence-electron chi connectivity index (χ4n) is 3.89. The van der Waals surface area contributed by atoms with Crippen LogP contribution < -0.4 is 10.2 Å².